The Kier molecular flexibility index (Phi) is 6.17. The molecule has 0 heterocycles. The number of amides is 1. The van der Waals surface area contributed by atoms with Gasteiger partial charge in [0.25, 0.3) is 5.91 Å². The van der Waals surface area contributed by atoms with Gasteiger partial charge in [-0.1, -0.05) is 41.7 Å². The van der Waals surface area contributed by atoms with Gasteiger partial charge in [0.1, 0.15) is 5.75 Å². The molecule has 0 aromatic heterocycles. The smallest absolute Gasteiger partial charge is 0.265 e. The van der Waals surface area contributed by atoms with Crippen LogP contribution in [0.3, 0.4) is 0 Å². The summed E-state index contributed by atoms with van der Waals surface area (Å²) in [7, 11) is 0. The number of ether oxygens (including phenoxy) is 1. The van der Waals surface area contributed by atoms with Crippen LogP contribution in [0.2, 0.25) is 15.1 Å². The average molecular weight is 373 g/mol. The molecule has 1 N–H and O–H groups in total. The SMILES string of the molecule is CCC(Oc1ccc(Cl)c(C)c1)C(=O)Nc1ccc(Cl)c(Cl)c1. The monoisotopic (exact) mass is 371 g/mol. The number of hydrogen-bond donors (Lipinski definition) is 1. The zero-order valence-corrected chi connectivity index (χ0v) is 15.0. The van der Waals surface area contributed by atoms with Crippen LogP contribution in [0, 0.1) is 6.92 Å². The lowest BCUT2D eigenvalue weighted by Gasteiger charge is -2.18. The summed E-state index contributed by atoms with van der Waals surface area (Å²) in [4.78, 5) is 12.4. The summed E-state index contributed by atoms with van der Waals surface area (Å²) in [5, 5.41) is 4.25. The third-order valence-electron chi connectivity index (χ3n) is 3.26. The average Bonchev–Trinajstić information content (AvgIpc) is 2.52. The maximum Gasteiger partial charge on any atom is 0.265 e. The van der Waals surface area contributed by atoms with Gasteiger partial charge in [0, 0.05) is 10.7 Å². The van der Waals surface area contributed by atoms with Crippen molar-refractivity contribution in [2.24, 2.45) is 0 Å². The van der Waals surface area contributed by atoms with Gasteiger partial charge in [-0.2, -0.15) is 0 Å². The van der Waals surface area contributed by atoms with Gasteiger partial charge in [-0.15, -0.1) is 0 Å². The van der Waals surface area contributed by atoms with E-state index in [4.69, 9.17) is 39.5 Å². The Balaban J connectivity index is 2.08. The van der Waals surface area contributed by atoms with E-state index in [9.17, 15) is 4.79 Å². The first-order valence-corrected chi connectivity index (χ1v) is 8.22. The summed E-state index contributed by atoms with van der Waals surface area (Å²) in [5.74, 6) is 0.349. The number of nitrogens with one attached hydrogen (secondary N) is 1. The molecule has 0 saturated carbocycles. The van der Waals surface area contributed by atoms with Gasteiger partial charge in [-0.05, 0) is 55.3 Å². The minimum atomic E-state index is -0.620. The topological polar surface area (TPSA) is 38.3 Å². The minimum absolute atomic E-state index is 0.251. The second-order valence-electron chi connectivity index (χ2n) is 5.04. The molecule has 1 atom stereocenters. The van der Waals surface area contributed by atoms with Gasteiger partial charge in [0.15, 0.2) is 6.10 Å². The Morgan fingerprint density at radius 1 is 1.09 bits per heavy atom. The first-order valence-electron chi connectivity index (χ1n) is 7.09. The molecule has 0 fully saturated rings. The number of carbonyl (C=O) groups excluding carboxylic acids is 1. The number of hydrogen-bond acceptors (Lipinski definition) is 2. The summed E-state index contributed by atoms with van der Waals surface area (Å²) in [6.07, 6.45) is -0.0977. The Bertz CT molecular complexity index is 719. The van der Waals surface area contributed by atoms with E-state index in [2.05, 4.69) is 5.32 Å². The van der Waals surface area contributed by atoms with Crippen molar-refractivity contribution in [1.29, 1.82) is 0 Å². The predicted molar refractivity (Wildman–Crippen MR) is 96.0 cm³/mol. The van der Waals surface area contributed by atoms with E-state index in [1.165, 1.54) is 0 Å². The molecule has 0 radical (unpaired) electrons. The third kappa shape index (κ3) is 4.77. The number of benzene rings is 2. The Labute approximate surface area is 150 Å². The van der Waals surface area contributed by atoms with E-state index in [1.54, 1.807) is 36.4 Å². The van der Waals surface area contributed by atoms with Crippen molar-refractivity contribution >= 4 is 46.4 Å². The van der Waals surface area contributed by atoms with E-state index in [0.717, 1.165) is 5.56 Å². The number of anilines is 1. The zero-order chi connectivity index (χ0) is 17.0. The highest BCUT2D eigenvalue weighted by molar-refractivity contribution is 6.42. The lowest BCUT2D eigenvalue weighted by atomic mass is 10.2. The molecule has 0 aliphatic heterocycles. The number of rotatable bonds is 5. The van der Waals surface area contributed by atoms with Crippen molar-refractivity contribution in [3.8, 4) is 5.75 Å². The van der Waals surface area contributed by atoms with Crippen LogP contribution >= 0.6 is 34.8 Å². The minimum Gasteiger partial charge on any atom is -0.481 e. The summed E-state index contributed by atoms with van der Waals surface area (Å²) < 4.78 is 5.76. The van der Waals surface area contributed by atoms with Crippen LogP contribution < -0.4 is 10.1 Å². The number of carbonyl (C=O) groups is 1. The molecule has 0 spiro atoms. The Morgan fingerprint density at radius 3 is 2.39 bits per heavy atom. The zero-order valence-electron chi connectivity index (χ0n) is 12.7. The molecule has 0 bridgehead atoms. The maximum absolute atomic E-state index is 12.4. The van der Waals surface area contributed by atoms with Crippen molar-refractivity contribution in [1.82, 2.24) is 0 Å². The fourth-order valence-electron chi connectivity index (χ4n) is 1.97. The Morgan fingerprint density at radius 2 is 1.78 bits per heavy atom. The lowest BCUT2D eigenvalue weighted by Crippen LogP contribution is -2.32. The second kappa shape index (κ2) is 7.91. The van der Waals surface area contributed by atoms with E-state index < -0.39 is 6.10 Å². The van der Waals surface area contributed by atoms with Gasteiger partial charge in [-0.3, -0.25) is 4.79 Å². The largest absolute Gasteiger partial charge is 0.481 e. The maximum atomic E-state index is 12.4. The molecule has 2 aromatic rings. The Hall–Kier alpha value is -1.42. The first kappa shape index (κ1) is 17.9. The fourth-order valence-corrected chi connectivity index (χ4v) is 2.39. The van der Waals surface area contributed by atoms with Crippen molar-refractivity contribution in [2.75, 3.05) is 5.32 Å². The van der Waals surface area contributed by atoms with E-state index in [-0.39, 0.29) is 5.91 Å². The van der Waals surface area contributed by atoms with E-state index in [0.29, 0.717) is 32.9 Å². The molecule has 0 aliphatic carbocycles. The molecular formula is C17H16Cl3NO2. The van der Waals surface area contributed by atoms with Crippen molar-refractivity contribution in [2.45, 2.75) is 26.4 Å². The van der Waals surface area contributed by atoms with E-state index >= 15 is 0 Å². The normalized spacial score (nSPS) is 11.9. The summed E-state index contributed by atoms with van der Waals surface area (Å²) >= 11 is 17.8. The molecule has 0 aliphatic rings. The molecule has 6 heteroatoms. The second-order valence-corrected chi connectivity index (χ2v) is 6.27. The predicted octanol–water partition coefficient (Wildman–Crippen LogP) is 5.75. The van der Waals surface area contributed by atoms with Crippen LogP contribution in [0.1, 0.15) is 18.9 Å². The molecule has 3 nitrogen and oxygen atoms in total. The van der Waals surface area contributed by atoms with Gasteiger partial charge in [-0.25, -0.2) is 0 Å². The molecule has 0 saturated heterocycles. The molecule has 23 heavy (non-hydrogen) atoms. The van der Waals surface area contributed by atoms with Crippen LogP contribution in [-0.4, -0.2) is 12.0 Å². The fraction of sp³-hybridized carbons (Fsp3) is 0.235. The highest BCUT2D eigenvalue weighted by Crippen LogP contribution is 2.26. The van der Waals surface area contributed by atoms with Crippen LogP contribution in [0.4, 0.5) is 5.69 Å². The summed E-state index contributed by atoms with van der Waals surface area (Å²) in [6, 6.07) is 10.2. The van der Waals surface area contributed by atoms with Gasteiger partial charge < -0.3 is 10.1 Å². The highest BCUT2D eigenvalue weighted by atomic mass is 35.5. The third-order valence-corrected chi connectivity index (χ3v) is 4.42. The quantitative estimate of drug-likeness (QED) is 0.725. The van der Waals surface area contributed by atoms with Gasteiger partial charge in [0.2, 0.25) is 0 Å². The first-order chi connectivity index (χ1) is 10.9. The van der Waals surface area contributed by atoms with Crippen LogP contribution in [0.25, 0.3) is 0 Å². The molecule has 1 unspecified atom stereocenters. The van der Waals surface area contributed by atoms with Crippen molar-refractivity contribution < 1.29 is 9.53 Å². The number of halogens is 3. The van der Waals surface area contributed by atoms with Crippen LogP contribution in [0.5, 0.6) is 5.75 Å². The highest BCUT2D eigenvalue weighted by Gasteiger charge is 2.19. The van der Waals surface area contributed by atoms with Crippen molar-refractivity contribution in [3.63, 3.8) is 0 Å². The molecule has 1 amide bonds. The lowest BCUT2D eigenvalue weighted by molar-refractivity contribution is -0.122. The van der Waals surface area contributed by atoms with Gasteiger partial charge in [0.05, 0.1) is 10.0 Å². The summed E-state index contributed by atoms with van der Waals surface area (Å²) in [5.41, 5.74) is 1.46. The summed E-state index contributed by atoms with van der Waals surface area (Å²) in [6.45, 7) is 3.76. The van der Waals surface area contributed by atoms with Gasteiger partial charge >= 0.3 is 0 Å². The molecule has 2 aromatic carbocycles. The standard InChI is InChI=1S/C17H16Cl3NO2/c1-3-16(23-12-5-7-13(18)10(2)8-12)17(22)21-11-4-6-14(19)15(20)9-11/h4-9,16H,3H2,1-2H3,(H,21,22). The van der Waals surface area contributed by atoms with Crippen molar-refractivity contribution in [3.05, 3.63) is 57.0 Å². The number of aryl methyl sites for hydroxylation is 1. The van der Waals surface area contributed by atoms with Crippen LogP contribution in [-0.2, 0) is 4.79 Å². The van der Waals surface area contributed by atoms with Crippen LogP contribution in [0.15, 0.2) is 36.4 Å². The molecule has 122 valence electrons. The molecular weight excluding hydrogens is 357 g/mol. The molecule has 2 rings (SSSR count). The van der Waals surface area contributed by atoms with E-state index in [1.807, 2.05) is 13.8 Å².